The van der Waals surface area contributed by atoms with Crippen LogP contribution in [0.25, 0.3) is 0 Å². The lowest BCUT2D eigenvalue weighted by Gasteiger charge is -2.31. The number of thiophene rings is 1. The Hall–Kier alpha value is -1.12. The quantitative estimate of drug-likeness (QED) is 0.721. The largest absolute Gasteiger partial charge is 0.411 e. The molecule has 2 rings (SSSR count). The number of nitrogens with one attached hydrogen (secondary N) is 1. The smallest absolute Gasteiger partial charge is 0.372 e. The Balaban J connectivity index is 1.53. The number of piperidine rings is 1. The van der Waals surface area contributed by atoms with Crippen LogP contribution in [-0.4, -0.2) is 49.8 Å². The van der Waals surface area contributed by atoms with Crippen molar-refractivity contribution in [2.24, 2.45) is 5.92 Å². The molecule has 2 heterocycles. The Morgan fingerprint density at radius 2 is 2.12 bits per heavy atom. The number of nitrogens with zero attached hydrogens (tertiary/aromatic N) is 1. The van der Waals surface area contributed by atoms with E-state index in [9.17, 15) is 18.0 Å². The molecular weight excluding hydrogens is 341 g/mol. The highest BCUT2D eigenvalue weighted by Crippen LogP contribution is 2.20. The SMILES string of the molecule is O=C(CCOCC(F)(F)F)NCC1CCN(Cc2cccs2)CC1. The average Bonchev–Trinajstić information content (AvgIpc) is 3.03. The van der Waals surface area contributed by atoms with Gasteiger partial charge in [-0.1, -0.05) is 6.07 Å². The van der Waals surface area contributed by atoms with Gasteiger partial charge in [0, 0.05) is 24.4 Å². The van der Waals surface area contributed by atoms with Crippen LogP contribution in [0.15, 0.2) is 17.5 Å². The fraction of sp³-hybridized carbons (Fsp3) is 0.688. The van der Waals surface area contributed by atoms with Crippen LogP contribution in [-0.2, 0) is 16.1 Å². The number of carbonyl (C=O) groups is 1. The summed E-state index contributed by atoms with van der Waals surface area (Å²) in [5, 5.41) is 4.87. The minimum Gasteiger partial charge on any atom is -0.372 e. The number of hydrogen-bond donors (Lipinski definition) is 1. The van der Waals surface area contributed by atoms with Gasteiger partial charge in [0.1, 0.15) is 6.61 Å². The summed E-state index contributed by atoms with van der Waals surface area (Å²) in [7, 11) is 0. The number of ether oxygens (including phenoxy) is 1. The molecule has 0 aromatic carbocycles. The number of halogens is 3. The molecule has 1 aromatic heterocycles. The van der Waals surface area contributed by atoms with Crippen LogP contribution in [0, 0.1) is 5.92 Å². The maximum atomic E-state index is 11.9. The number of carbonyl (C=O) groups excluding carboxylic acids is 1. The molecule has 24 heavy (non-hydrogen) atoms. The minimum atomic E-state index is -4.34. The molecule has 0 atom stereocenters. The van der Waals surface area contributed by atoms with Gasteiger partial charge in [0.2, 0.25) is 5.91 Å². The highest BCUT2D eigenvalue weighted by molar-refractivity contribution is 7.09. The molecule has 0 radical (unpaired) electrons. The van der Waals surface area contributed by atoms with Crippen LogP contribution < -0.4 is 5.32 Å². The molecule has 0 saturated carbocycles. The van der Waals surface area contributed by atoms with Gasteiger partial charge < -0.3 is 10.1 Å². The highest BCUT2D eigenvalue weighted by atomic mass is 32.1. The van der Waals surface area contributed by atoms with Crippen molar-refractivity contribution in [1.82, 2.24) is 10.2 Å². The Labute approximate surface area is 144 Å². The Kier molecular flexibility index (Phi) is 7.51. The molecule has 0 aliphatic carbocycles. The topological polar surface area (TPSA) is 41.6 Å². The fourth-order valence-corrected chi connectivity index (χ4v) is 3.42. The second kappa shape index (κ2) is 9.39. The summed E-state index contributed by atoms with van der Waals surface area (Å²) in [5.41, 5.74) is 0. The summed E-state index contributed by atoms with van der Waals surface area (Å²) in [5.74, 6) is 0.183. The van der Waals surface area contributed by atoms with Gasteiger partial charge in [-0.05, 0) is 43.3 Å². The Morgan fingerprint density at radius 3 is 2.75 bits per heavy atom. The number of likely N-dealkylation sites (tertiary alicyclic amines) is 1. The first-order valence-electron chi connectivity index (χ1n) is 8.08. The second-order valence-electron chi connectivity index (χ2n) is 6.02. The van der Waals surface area contributed by atoms with Gasteiger partial charge in [-0.3, -0.25) is 9.69 Å². The van der Waals surface area contributed by atoms with Gasteiger partial charge >= 0.3 is 6.18 Å². The fourth-order valence-electron chi connectivity index (χ4n) is 2.67. The molecule has 1 N–H and O–H groups in total. The van der Waals surface area contributed by atoms with Crippen LogP contribution >= 0.6 is 11.3 Å². The number of rotatable bonds is 8. The zero-order valence-corrected chi connectivity index (χ0v) is 14.3. The van der Waals surface area contributed by atoms with E-state index in [2.05, 4.69) is 32.5 Å². The van der Waals surface area contributed by atoms with Crippen LogP contribution in [0.4, 0.5) is 13.2 Å². The molecule has 0 unspecified atom stereocenters. The normalized spacial score (nSPS) is 17.1. The maximum absolute atomic E-state index is 11.9. The van der Waals surface area contributed by atoms with Crippen LogP contribution in [0.5, 0.6) is 0 Å². The predicted molar refractivity (Wildman–Crippen MR) is 86.8 cm³/mol. The first-order chi connectivity index (χ1) is 11.4. The third-order valence-electron chi connectivity index (χ3n) is 3.99. The molecule has 1 aromatic rings. The second-order valence-corrected chi connectivity index (χ2v) is 7.05. The molecule has 4 nitrogen and oxygen atoms in total. The van der Waals surface area contributed by atoms with E-state index in [1.54, 1.807) is 11.3 Å². The van der Waals surface area contributed by atoms with Crippen molar-refractivity contribution in [3.8, 4) is 0 Å². The summed E-state index contributed by atoms with van der Waals surface area (Å²) in [6, 6.07) is 4.19. The monoisotopic (exact) mass is 364 g/mol. The summed E-state index contributed by atoms with van der Waals surface area (Å²) in [6.07, 6.45) is -2.33. The average molecular weight is 364 g/mol. The number of alkyl halides is 3. The summed E-state index contributed by atoms with van der Waals surface area (Å²) in [6.45, 7) is 2.08. The van der Waals surface area contributed by atoms with Crippen molar-refractivity contribution in [3.63, 3.8) is 0 Å². The third kappa shape index (κ3) is 7.63. The van der Waals surface area contributed by atoms with Crippen molar-refractivity contribution in [2.45, 2.75) is 32.0 Å². The van der Waals surface area contributed by atoms with Crippen molar-refractivity contribution in [2.75, 3.05) is 32.8 Å². The molecule has 0 bridgehead atoms. The highest BCUT2D eigenvalue weighted by Gasteiger charge is 2.27. The number of amides is 1. The molecule has 0 spiro atoms. The van der Waals surface area contributed by atoms with E-state index in [4.69, 9.17) is 0 Å². The zero-order valence-electron chi connectivity index (χ0n) is 13.5. The lowest BCUT2D eigenvalue weighted by molar-refractivity contribution is -0.174. The lowest BCUT2D eigenvalue weighted by atomic mass is 9.96. The standard InChI is InChI=1S/C16H23F3N2O2S/c17-16(18,19)12-23-8-5-15(22)20-10-13-3-6-21(7-4-13)11-14-2-1-9-24-14/h1-2,9,13H,3-8,10-12H2,(H,20,22). The van der Waals surface area contributed by atoms with Crippen molar-refractivity contribution in [1.29, 1.82) is 0 Å². The maximum Gasteiger partial charge on any atom is 0.411 e. The van der Waals surface area contributed by atoms with Gasteiger partial charge in [0.05, 0.1) is 6.61 Å². The van der Waals surface area contributed by atoms with Gasteiger partial charge in [0.15, 0.2) is 0 Å². The summed E-state index contributed by atoms with van der Waals surface area (Å²) >= 11 is 1.76. The molecule has 1 aliphatic rings. The Bertz CT molecular complexity index is 486. The summed E-state index contributed by atoms with van der Waals surface area (Å²) < 4.78 is 40.1. The first-order valence-corrected chi connectivity index (χ1v) is 8.96. The van der Waals surface area contributed by atoms with Crippen LogP contribution in [0.1, 0.15) is 24.1 Å². The minimum absolute atomic E-state index is 0.0344. The van der Waals surface area contributed by atoms with Crippen LogP contribution in [0.2, 0.25) is 0 Å². The van der Waals surface area contributed by atoms with E-state index in [-0.39, 0.29) is 18.9 Å². The van der Waals surface area contributed by atoms with E-state index < -0.39 is 12.8 Å². The van der Waals surface area contributed by atoms with Gasteiger partial charge in [-0.15, -0.1) is 11.3 Å². The van der Waals surface area contributed by atoms with Gasteiger partial charge in [0.25, 0.3) is 0 Å². The number of hydrogen-bond acceptors (Lipinski definition) is 4. The molecule has 136 valence electrons. The van der Waals surface area contributed by atoms with Crippen molar-refractivity contribution in [3.05, 3.63) is 22.4 Å². The van der Waals surface area contributed by atoms with Crippen LogP contribution in [0.3, 0.4) is 0 Å². The van der Waals surface area contributed by atoms with Gasteiger partial charge in [-0.2, -0.15) is 13.2 Å². The molecule has 8 heteroatoms. The Morgan fingerprint density at radius 1 is 1.38 bits per heavy atom. The first kappa shape index (κ1) is 19.2. The molecule has 1 saturated heterocycles. The molecular formula is C16H23F3N2O2S. The van der Waals surface area contributed by atoms with Crippen molar-refractivity contribution < 1.29 is 22.7 Å². The van der Waals surface area contributed by atoms with E-state index in [0.29, 0.717) is 12.5 Å². The molecule has 1 amide bonds. The van der Waals surface area contributed by atoms with E-state index in [1.165, 1.54) is 4.88 Å². The molecule has 1 fully saturated rings. The summed E-state index contributed by atoms with van der Waals surface area (Å²) in [4.78, 5) is 15.4. The van der Waals surface area contributed by atoms with Gasteiger partial charge in [-0.25, -0.2) is 0 Å². The van der Waals surface area contributed by atoms with E-state index in [0.717, 1.165) is 32.5 Å². The van der Waals surface area contributed by atoms with E-state index >= 15 is 0 Å². The lowest BCUT2D eigenvalue weighted by Crippen LogP contribution is -2.38. The van der Waals surface area contributed by atoms with Crippen molar-refractivity contribution >= 4 is 17.2 Å². The molecule has 1 aliphatic heterocycles. The third-order valence-corrected chi connectivity index (χ3v) is 4.85. The van der Waals surface area contributed by atoms with E-state index in [1.807, 2.05) is 0 Å². The zero-order chi connectivity index (χ0) is 17.4. The predicted octanol–water partition coefficient (Wildman–Crippen LogP) is 3.05.